The number of carbonyl (C=O) groups is 1. The zero-order chi connectivity index (χ0) is 12.3. The summed E-state index contributed by atoms with van der Waals surface area (Å²) in [5.74, 6) is 0.160. The minimum Gasteiger partial charge on any atom is -0.340 e. The first kappa shape index (κ1) is 12.4. The van der Waals surface area contributed by atoms with Gasteiger partial charge in [-0.3, -0.25) is 4.79 Å². The highest BCUT2D eigenvalue weighted by atomic mass is 35.5. The van der Waals surface area contributed by atoms with Gasteiger partial charge >= 0.3 is 0 Å². The Morgan fingerprint density at radius 2 is 2.18 bits per heavy atom. The molecule has 0 radical (unpaired) electrons. The smallest absolute Gasteiger partial charge is 0.219 e. The Morgan fingerprint density at radius 1 is 1.47 bits per heavy atom. The van der Waals surface area contributed by atoms with Crippen molar-refractivity contribution in [3.8, 4) is 0 Å². The van der Waals surface area contributed by atoms with Crippen molar-refractivity contribution in [1.82, 2.24) is 10.2 Å². The van der Waals surface area contributed by atoms with Crippen LogP contribution in [-0.2, 0) is 11.2 Å². The molecule has 0 bridgehead atoms. The third-order valence-corrected chi connectivity index (χ3v) is 3.35. The molecule has 1 N–H and O–H groups in total. The molecule has 2 rings (SSSR count). The maximum Gasteiger partial charge on any atom is 0.219 e. The predicted octanol–water partition coefficient (Wildman–Crippen LogP) is 1.70. The number of rotatable bonds is 2. The van der Waals surface area contributed by atoms with E-state index in [1.807, 2.05) is 29.2 Å². The lowest BCUT2D eigenvalue weighted by molar-refractivity contribution is -0.130. The number of nitrogens with zero attached hydrogens (tertiary/aromatic N) is 1. The van der Waals surface area contributed by atoms with E-state index in [1.165, 1.54) is 5.56 Å². The molecule has 0 aliphatic carbocycles. The molecule has 1 fully saturated rings. The predicted molar refractivity (Wildman–Crippen MR) is 69.2 cm³/mol. The molecule has 3 nitrogen and oxygen atoms in total. The molecule has 1 aromatic rings. The molecule has 1 aromatic carbocycles. The number of hydrogen-bond donors (Lipinski definition) is 1. The molecule has 1 saturated heterocycles. The molecule has 92 valence electrons. The maximum atomic E-state index is 11.3. The zero-order valence-corrected chi connectivity index (χ0v) is 10.7. The normalized spacial score (nSPS) is 20.4. The molecule has 1 heterocycles. The van der Waals surface area contributed by atoms with Crippen LogP contribution in [0.1, 0.15) is 12.5 Å². The van der Waals surface area contributed by atoms with Gasteiger partial charge in [0.15, 0.2) is 0 Å². The summed E-state index contributed by atoms with van der Waals surface area (Å²) in [5.41, 5.74) is 1.25. The summed E-state index contributed by atoms with van der Waals surface area (Å²) in [7, 11) is 0. The van der Waals surface area contributed by atoms with Crippen molar-refractivity contribution >= 4 is 17.5 Å². The van der Waals surface area contributed by atoms with Gasteiger partial charge in [-0.25, -0.2) is 0 Å². The van der Waals surface area contributed by atoms with E-state index in [0.717, 1.165) is 31.1 Å². The lowest BCUT2D eigenvalue weighted by Crippen LogP contribution is -2.52. The highest BCUT2D eigenvalue weighted by molar-refractivity contribution is 6.30. The Morgan fingerprint density at radius 3 is 2.82 bits per heavy atom. The second-order valence-electron chi connectivity index (χ2n) is 4.45. The summed E-state index contributed by atoms with van der Waals surface area (Å²) >= 11 is 5.85. The summed E-state index contributed by atoms with van der Waals surface area (Å²) in [6.07, 6.45) is 0.931. The van der Waals surface area contributed by atoms with E-state index in [4.69, 9.17) is 11.6 Å². The quantitative estimate of drug-likeness (QED) is 0.869. The molecule has 17 heavy (non-hydrogen) atoms. The van der Waals surface area contributed by atoms with Crippen LogP contribution in [-0.4, -0.2) is 36.5 Å². The first-order chi connectivity index (χ1) is 8.15. The van der Waals surface area contributed by atoms with Crippen LogP contribution in [0.15, 0.2) is 24.3 Å². The molecular formula is C13H17ClN2O. The lowest BCUT2D eigenvalue weighted by Gasteiger charge is -2.33. The van der Waals surface area contributed by atoms with E-state index >= 15 is 0 Å². The first-order valence-electron chi connectivity index (χ1n) is 5.88. The second kappa shape index (κ2) is 5.52. The summed E-state index contributed by atoms with van der Waals surface area (Å²) < 4.78 is 0. The van der Waals surface area contributed by atoms with Crippen molar-refractivity contribution in [2.45, 2.75) is 19.4 Å². The van der Waals surface area contributed by atoms with Gasteiger partial charge in [0, 0.05) is 37.6 Å². The van der Waals surface area contributed by atoms with Crippen molar-refractivity contribution in [2.75, 3.05) is 19.6 Å². The fourth-order valence-electron chi connectivity index (χ4n) is 2.15. The Labute approximate surface area is 107 Å². The molecule has 0 saturated carbocycles. The molecule has 4 heteroatoms. The van der Waals surface area contributed by atoms with Gasteiger partial charge in [-0.05, 0) is 24.1 Å². The molecule has 0 aromatic heterocycles. The van der Waals surface area contributed by atoms with E-state index < -0.39 is 0 Å². The van der Waals surface area contributed by atoms with E-state index in [-0.39, 0.29) is 5.91 Å². The summed E-state index contributed by atoms with van der Waals surface area (Å²) in [5, 5.41) is 4.20. The van der Waals surface area contributed by atoms with Crippen LogP contribution in [0.4, 0.5) is 0 Å². The SMILES string of the molecule is CC(=O)N1CCNC(Cc2ccc(Cl)cc2)C1. The highest BCUT2D eigenvalue weighted by Crippen LogP contribution is 2.12. The van der Waals surface area contributed by atoms with Gasteiger partial charge < -0.3 is 10.2 Å². The molecule has 1 amide bonds. The molecule has 1 atom stereocenters. The van der Waals surface area contributed by atoms with Crippen LogP contribution in [0, 0.1) is 0 Å². The van der Waals surface area contributed by atoms with Gasteiger partial charge in [-0.2, -0.15) is 0 Å². The minimum absolute atomic E-state index is 0.160. The van der Waals surface area contributed by atoms with Gasteiger partial charge in [0.25, 0.3) is 0 Å². The van der Waals surface area contributed by atoms with Gasteiger partial charge in [0.05, 0.1) is 0 Å². The van der Waals surface area contributed by atoms with Gasteiger partial charge in [-0.1, -0.05) is 23.7 Å². The second-order valence-corrected chi connectivity index (χ2v) is 4.88. The molecule has 1 aliphatic rings. The van der Waals surface area contributed by atoms with Crippen LogP contribution in [0.2, 0.25) is 5.02 Å². The van der Waals surface area contributed by atoms with Crippen LogP contribution in [0.3, 0.4) is 0 Å². The Bertz CT molecular complexity index is 391. The lowest BCUT2D eigenvalue weighted by atomic mass is 10.0. The zero-order valence-electron chi connectivity index (χ0n) is 9.95. The monoisotopic (exact) mass is 252 g/mol. The van der Waals surface area contributed by atoms with Gasteiger partial charge in [0.1, 0.15) is 0 Å². The Hall–Kier alpha value is -1.06. The molecule has 1 unspecified atom stereocenters. The van der Waals surface area contributed by atoms with Crippen molar-refractivity contribution in [3.05, 3.63) is 34.9 Å². The standard InChI is InChI=1S/C13H17ClN2O/c1-10(17)16-7-6-15-13(9-16)8-11-2-4-12(14)5-3-11/h2-5,13,15H,6-9H2,1H3. The molecule has 0 spiro atoms. The van der Waals surface area contributed by atoms with Crippen molar-refractivity contribution in [1.29, 1.82) is 0 Å². The minimum atomic E-state index is 0.160. The third-order valence-electron chi connectivity index (χ3n) is 3.10. The number of piperazine rings is 1. The van der Waals surface area contributed by atoms with Gasteiger partial charge in [-0.15, -0.1) is 0 Å². The van der Waals surface area contributed by atoms with E-state index in [2.05, 4.69) is 5.32 Å². The molecular weight excluding hydrogens is 236 g/mol. The van der Waals surface area contributed by atoms with Crippen molar-refractivity contribution in [2.24, 2.45) is 0 Å². The summed E-state index contributed by atoms with van der Waals surface area (Å²) in [6.45, 7) is 4.10. The number of halogens is 1. The number of carbonyl (C=O) groups excluding carboxylic acids is 1. The van der Waals surface area contributed by atoms with Crippen molar-refractivity contribution < 1.29 is 4.79 Å². The largest absolute Gasteiger partial charge is 0.340 e. The number of hydrogen-bond acceptors (Lipinski definition) is 2. The van der Waals surface area contributed by atoms with E-state index in [1.54, 1.807) is 6.92 Å². The maximum absolute atomic E-state index is 11.3. The first-order valence-corrected chi connectivity index (χ1v) is 6.26. The van der Waals surface area contributed by atoms with Crippen LogP contribution >= 0.6 is 11.6 Å². The highest BCUT2D eigenvalue weighted by Gasteiger charge is 2.20. The third kappa shape index (κ3) is 3.45. The summed E-state index contributed by atoms with van der Waals surface area (Å²) in [6, 6.07) is 8.23. The number of nitrogens with one attached hydrogen (secondary N) is 1. The number of benzene rings is 1. The van der Waals surface area contributed by atoms with E-state index in [0.29, 0.717) is 6.04 Å². The topological polar surface area (TPSA) is 32.3 Å². The Balaban J connectivity index is 1.94. The fourth-order valence-corrected chi connectivity index (χ4v) is 2.28. The fraction of sp³-hybridized carbons (Fsp3) is 0.462. The van der Waals surface area contributed by atoms with Crippen LogP contribution in [0.5, 0.6) is 0 Å². The summed E-state index contributed by atoms with van der Waals surface area (Å²) in [4.78, 5) is 13.2. The Kier molecular flexibility index (Phi) is 4.02. The average Bonchev–Trinajstić information content (AvgIpc) is 2.32. The average molecular weight is 253 g/mol. The molecule has 1 aliphatic heterocycles. The van der Waals surface area contributed by atoms with Gasteiger partial charge in [0.2, 0.25) is 5.91 Å². The van der Waals surface area contributed by atoms with Crippen LogP contribution in [0.25, 0.3) is 0 Å². The van der Waals surface area contributed by atoms with E-state index in [9.17, 15) is 4.79 Å². The van der Waals surface area contributed by atoms with Crippen LogP contribution < -0.4 is 5.32 Å². The van der Waals surface area contributed by atoms with Crippen molar-refractivity contribution in [3.63, 3.8) is 0 Å². The number of amides is 1.